The quantitative estimate of drug-likeness (QED) is 0.671. The number of amides is 2. The number of nitrogens with one attached hydrogen (secondary N) is 1. The van der Waals surface area contributed by atoms with E-state index in [1.807, 2.05) is 60.7 Å². The second kappa shape index (κ2) is 12.0. The minimum atomic E-state index is -0.409. The van der Waals surface area contributed by atoms with Crippen LogP contribution in [0.15, 0.2) is 60.7 Å². The van der Waals surface area contributed by atoms with Gasteiger partial charge in [0.15, 0.2) is 0 Å². The molecule has 31 heavy (non-hydrogen) atoms. The van der Waals surface area contributed by atoms with Crippen molar-refractivity contribution >= 4 is 12.2 Å². The summed E-state index contributed by atoms with van der Waals surface area (Å²) in [5, 5.41) is 2.94. The number of carbonyl (C=O) groups is 2. The molecule has 7 nitrogen and oxygen atoms in total. The Morgan fingerprint density at radius 1 is 0.871 bits per heavy atom. The normalized spacial score (nSPS) is 18.1. The number of hydrogen-bond donors (Lipinski definition) is 2. The van der Waals surface area contributed by atoms with Gasteiger partial charge in [0.2, 0.25) is 0 Å². The van der Waals surface area contributed by atoms with Gasteiger partial charge in [-0.2, -0.15) is 0 Å². The van der Waals surface area contributed by atoms with Crippen LogP contribution in [-0.2, 0) is 22.7 Å². The first-order valence-electron chi connectivity index (χ1n) is 10.8. The monoisotopic (exact) mass is 425 g/mol. The van der Waals surface area contributed by atoms with E-state index in [0.717, 1.165) is 36.8 Å². The lowest BCUT2D eigenvalue weighted by molar-refractivity contribution is 0.0695. The molecule has 2 aromatic rings. The van der Waals surface area contributed by atoms with Gasteiger partial charge in [-0.25, -0.2) is 9.59 Å². The fourth-order valence-corrected chi connectivity index (χ4v) is 3.83. The Kier molecular flexibility index (Phi) is 8.72. The molecule has 0 unspecified atom stereocenters. The summed E-state index contributed by atoms with van der Waals surface area (Å²) in [4.78, 5) is 26.5. The summed E-state index contributed by atoms with van der Waals surface area (Å²) in [5.74, 6) is 0. The van der Waals surface area contributed by atoms with Gasteiger partial charge in [0.05, 0.1) is 0 Å². The van der Waals surface area contributed by atoms with E-state index in [-0.39, 0.29) is 31.4 Å². The lowest BCUT2D eigenvalue weighted by Crippen LogP contribution is -2.48. The standard InChI is InChI=1S/C24H31N3O4/c25-15-16-27(24(29)31-18-20-9-5-2-6-10-20)22-13-11-21(12-14-22)26-23(28)30-17-19-7-3-1-4-8-19/h1-10,21-22H,11-18,25H2,(H,26,28). The number of alkyl carbamates (subject to hydrolysis) is 1. The molecule has 3 rings (SSSR count). The van der Waals surface area contributed by atoms with Crippen molar-refractivity contribution < 1.29 is 19.1 Å². The van der Waals surface area contributed by atoms with Crippen molar-refractivity contribution in [1.82, 2.24) is 10.2 Å². The van der Waals surface area contributed by atoms with Crippen LogP contribution in [-0.4, -0.2) is 42.3 Å². The molecular weight excluding hydrogens is 394 g/mol. The number of nitrogens with zero attached hydrogens (tertiary/aromatic N) is 1. The molecule has 0 aromatic heterocycles. The molecule has 1 aliphatic carbocycles. The summed E-state index contributed by atoms with van der Waals surface area (Å²) in [6.07, 6.45) is 2.37. The van der Waals surface area contributed by atoms with Crippen LogP contribution in [0.4, 0.5) is 9.59 Å². The maximum absolute atomic E-state index is 12.6. The molecule has 7 heteroatoms. The summed E-state index contributed by atoms with van der Waals surface area (Å²) in [7, 11) is 0. The van der Waals surface area contributed by atoms with Crippen LogP contribution in [0.2, 0.25) is 0 Å². The average molecular weight is 426 g/mol. The zero-order valence-corrected chi connectivity index (χ0v) is 17.7. The van der Waals surface area contributed by atoms with E-state index in [4.69, 9.17) is 15.2 Å². The number of benzene rings is 2. The Labute approximate surface area is 183 Å². The highest BCUT2D eigenvalue weighted by atomic mass is 16.6. The minimum absolute atomic E-state index is 0.0413. The van der Waals surface area contributed by atoms with Gasteiger partial charge < -0.3 is 25.4 Å². The van der Waals surface area contributed by atoms with Gasteiger partial charge in [-0.1, -0.05) is 60.7 Å². The van der Waals surface area contributed by atoms with Gasteiger partial charge in [-0.05, 0) is 36.8 Å². The molecule has 2 amide bonds. The minimum Gasteiger partial charge on any atom is -0.445 e. The average Bonchev–Trinajstić information content (AvgIpc) is 2.82. The maximum atomic E-state index is 12.6. The van der Waals surface area contributed by atoms with Crippen molar-refractivity contribution in [2.75, 3.05) is 13.1 Å². The highest BCUT2D eigenvalue weighted by molar-refractivity contribution is 5.68. The van der Waals surface area contributed by atoms with Gasteiger partial charge in [-0.15, -0.1) is 0 Å². The first-order chi connectivity index (χ1) is 15.2. The number of rotatable bonds is 8. The maximum Gasteiger partial charge on any atom is 0.410 e. The van der Waals surface area contributed by atoms with Crippen molar-refractivity contribution in [3.05, 3.63) is 71.8 Å². The third-order valence-electron chi connectivity index (χ3n) is 5.48. The van der Waals surface area contributed by atoms with Crippen LogP contribution in [0.3, 0.4) is 0 Å². The first-order valence-corrected chi connectivity index (χ1v) is 10.8. The van der Waals surface area contributed by atoms with E-state index >= 15 is 0 Å². The lowest BCUT2D eigenvalue weighted by atomic mass is 9.90. The second-order valence-electron chi connectivity index (χ2n) is 7.73. The predicted molar refractivity (Wildman–Crippen MR) is 118 cm³/mol. The molecule has 3 N–H and O–H groups in total. The zero-order valence-electron chi connectivity index (χ0n) is 17.7. The smallest absolute Gasteiger partial charge is 0.410 e. The zero-order chi connectivity index (χ0) is 21.9. The Hall–Kier alpha value is -3.06. The van der Waals surface area contributed by atoms with E-state index in [2.05, 4.69) is 5.32 Å². The number of nitrogens with two attached hydrogens (primary N) is 1. The molecule has 0 radical (unpaired) electrons. The van der Waals surface area contributed by atoms with Crippen molar-refractivity contribution in [1.29, 1.82) is 0 Å². The molecule has 0 spiro atoms. The van der Waals surface area contributed by atoms with E-state index in [1.54, 1.807) is 4.90 Å². The molecule has 1 aliphatic rings. The Balaban J connectivity index is 1.42. The molecule has 0 heterocycles. The Morgan fingerprint density at radius 2 is 1.42 bits per heavy atom. The fourth-order valence-electron chi connectivity index (χ4n) is 3.83. The Bertz CT molecular complexity index is 808. The van der Waals surface area contributed by atoms with Gasteiger partial charge >= 0.3 is 12.2 Å². The SMILES string of the molecule is NCCN(C(=O)OCc1ccccc1)C1CCC(NC(=O)OCc2ccccc2)CC1. The van der Waals surface area contributed by atoms with E-state index in [9.17, 15) is 9.59 Å². The highest BCUT2D eigenvalue weighted by Crippen LogP contribution is 2.24. The van der Waals surface area contributed by atoms with Crippen LogP contribution < -0.4 is 11.1 Å². The molecule has 0 aliphatic heterocycles. The molecule has 0 saturated heterocycles. The van der Waals surface area contributed by atoms with Crippen LogP contribution in [0.5, 0.6) is 0 Å². The van der Waals surface area contributed by atoms with Crippen molar-refractivity contribution in [2.45, 2.75) is 51.0 Å². The van der Waals surface area contributed by atoms with Crippen molar-refractivity contribution in [3.8, 4) is 0 Å². The molecule has 166 valence electrons. The van der Waals surface area contributed by atoms with Crippen LogP contribution >= 0.6 is 0 Å². The van der Waals surface area contributed by atoms with Gasteiger partial charge in [-0.3, -0.25) is 0 Å². The summed E-state index contributed by atoms with van der Waals surface area (Å²) in [5.41, 5.74) is 7.63. The van der Waals surface area contributed by atoms with E-state index < -0.39 is 6.09 Å². The predicted octanol–water partition coefficient (Wildman–Crippen LogP) is 3.82. The van der Waals surface area contributed by atoms with Gasteiger partial charge in [0, 0.05) is 25.2 Å². The summed E-state index contributed by atoms with van der Waals surface area (Å²) in [6.45, 7) is 1.32. The van der Waals surface area contributed by atoms with Gasteiger partial charge in [0.1, 0.15) is 13.2 Å². The Morgan fingerprint density at radius 3 is 1.97 bits per heavy atom. The lowest BCUT2D eigenvalue weighted by Gasteiger charge is -2.36. The second-order valence-corrected chi connectivity index (χ2v) is 7.73. The molecule has 1 fully saturated rings. The summed E-state index contributed by atoms with van der Waals surface area (Å²) < 4.78 is 10.8. The number of ether oxygens (including phenoxy) is 2. The number of carbonyl (C=O) groups excluding carboxylic acids is 2. The molecule has 0 bridgehead atoms. The fraction of sp³-hybridized carbons (Fsp3) is 0.417. The largest absolute Gasteiger partial charge is 0.445 e. The topological polar surface area (TPSA) is 93.9 Å². The third-order valence-corrected chi connectivity index (χ3v) is 5.48. The van der Waals surface area contributed by atoms with Crippen LogP contribution in [0.25, 0.3) is 0 Å². The molecule has 0 atom stereocenters. The van der Waals surface area contributed by atoms with E-state index in [1.165, 1.54) is 0 Å². The van der Waals surface area contributed by atoms with E-state index in [0.29, 0.717) is 13.1 Å². The third kappa shape index (κ3) is 7.29. The molecular formula is C24H31N3O4. The number of hydrogen-bond acceptors (Lipinski definition) is 5. The molecule has 1 saturated carbocycles. The highest BCUT2D eigenvalue weighted by Gasteiger charge is 2.30. The summed E-state index contributed by atoms with van der Waals surface area (Å²) in [6, 6.07) is 19.3. The first kappa shape index (κ1) is 22.6. The van der Waals surface area contributed by atoms with Crippen molar-refractivity contribution in [3.63, 3.8) is 0 Å². The van der Waals surface area contributed by atoms with Crippen molar-refractivity contribution in [2.24, 2.45) is 5.73 Å². The van der Waals surface area contributed by atoms with Crippen LogP contribution in [0.1, 0.15) is 36.8 Å². The molecule has 2 aromatic carbocycles. The van der Waals surface area contributed by atoms with Gasteiger partial charge in [0.25, 0.3) is 0 Å². The summed E-state index contributed by atoms with van der Waals surface area (Å²) >= 11 is 0. The van der Waals surface area contributed by atoms with Crippen LogP contribution in [0, 0.1) is 0 Å².